The van der Waals surface area contributed by atoms with E-state index in [2.05, 4.69) is 15.6 Å². The van der Waals surface area contributed by atoms with Gasteiger partial charge in [0.15, 0.2) is 5.82 Å². The molecule has 5 rings (SSSR count). The van der Waals surface area contributed by atoms with Crippen LogP contribution >= 0.6 is 11.6 Å². The van der Waals surface area contributed by atoms with Gasteiger partial charge in [-0.1, -0.05) is 48.0 Å². The number of nitrogens with zero attached hydrogens (tertiary/aromatic N) is 2. The lowest BCUT2D eigenvalue weighted by atomic mass is 10.00. The van der Waals surface area contributed by atoms with E-state index in [4.69, 9.17) is 22.7 Å². The zero-order valence-corrected chi connectivity index (χ0v) is 25.1. The quantitative estimate of drug-likeness (QED) is 0.109. The maximum absolute atomic E-state index is 14.8. The second kappa shape index (κ2) is 15.1. The molecule has 2 amide bonds. The molecule has 1 fully saturated rings. The van der Waals surface area contributed by atoms with Crippen molar-refractivity contribution in [2.75, 3.05) is 30.8 Å². The molecule has 0 saturated carbocycles. The SMILES string of the molecule is CN1CCCC1C(=O)Nc1cccc(-c2ccccc2Cl)c1F.N=C(C(N)=O)c1cc(-c2ccc(F)nc2)ccc1NCC=O. The molecular weight excluding hydrogens is 602 g/mol. The van der Waals surface area contributed by atoms with Crippen molar-refractivity contribution in [1.82, 2.24) is 9.88 Å². The van der Waals surface area contributed by atoms with E-state index in [-0.39, 0.29) is 35.5 Å². The highest BCUT2D eigenvalue weighted by molar-refractivity contribution is 6.44. The first-order chi connectivity index (χ1) is 21.6. The van der Waals surface area contributed by atoms with E-state index in [1.807, 2.05) is 11.9 Å². The highest BCUT2D eigenvalue weighted by atomic mass is 35.5. The first-order valence-electron chi connectivity index (χ1n) is 14.0. The molecule has 0 bridgehead atoms. The van der Waals surface area contributed by atoms with Gasteiger partial charge in [0.2, 0.25) is 11.9 Å². The molecule has 0 spiro atoms. The normalized spacial score (nSPS) is 14.2. The minimum atomic E-state index is -0.886. The lowest BCUT2D eigenvalue weighted by molar-refractivity contribution is -0.120. The standard InChI is InChI=1S/C18H18ClFN2O.C15H13FN4O2/c1-22-11-5-10-16(22)18(23)21-15-9-4-7-13(17(15)20)12-6-2-3-8-14(12)19;16-13-4-2-10(8-20-13)9-1-3-12(19-5-6-21)11(7-9)14(17)15(18)22/h2-4,6-9,16H,5,10-11H2,1H3,(H,21,23);1-4,6-8,17,19H,5H2,(H2,18,22). The van der Waals surface area contributed by atoms with Crippen molar-refractivity contribution in [3.05, 3.63) is 101 Å². The first kappa shape index (κ1) is 32.9. The third-order valence-electron chi connectivity index (χ3n) is 7.22. The average molecular weight is 633 g/mol. The molecule has 45 heavy (non-hydrogen) atoms. The average Bonchev–Trinajstić information content (AvgIpc) is 3.47. The van der Waals surface area contributed by atoms with Crippen molar-refractivity contribution in [2.24, 2.45) is 5.73 Å². The van der Waals surface area contributed by atoms with Gasteiger partial charge in [-0.2, -0.15) is 4.39 Å². The number of primary amides is 1. The van der Waals surface area contributed by atoms with Crippen molar-refractivity contribution in [1.29, 1.82) is 5.41 Å². The van der Waals surface area contributed by atoms with Gasteiger partial charge in [-0.3, -0.25) is 19.9 Å². The fourth-order valence-corrected chi connectivity index (χ4v) is 5.13. The van der Waals surface area contributed by atoms with E-state index >= 15 is 0 Å². The number of benzene rings is 3. The van der Waals surface area contributed by atoms with Crippen LogP contribution in [0.25, 0.3) is 22.3 Å². The Hall–Kier alpha value is -5.00. The smallest absolute Gasteiger partial charge is 0.267 e. The molecule has 232 valence electrons. The van der Waals surface area contributed by atoms with E-state index < -0.39 is 17.7 Å². The van der Waals surface area contributed by atoms with Gasteiger partial charge in [-0.05, 0) is 68.4 Å². The topological polar surface area (TPSA) is 141 Å². The highest BCUT2D eigenvalue weighted by Gasteiger charge is 2.28. The summed E-state index contributed by atoms with van der Waals surface area (Å²) in [7, 11) is 1.91. The molecule has 3 aromatic carbocycles. The van der Waals surface area contributed by atoms with Gasteiger partial charge in [0.1, 0.15) is 12.0 Å². The highest BCUT2D eigenvalue weighted by Crippen LogP contribution is 2.33. The van der Waals surface area contributed by atoms with Crippen LogP contribution in [0.3, 0.4) is 0 Å². The molecule has 12 heteroatoms. The number of pyridine rings is 1. The van der Waals surface area contributed by atoms with Gasteiger partial charge < -0.3 is 21.2 Å². The lowest BCUT2D eigenvalue weighted by Gasteiger charge is -2.19. The second-order valence-corrected chi connectivity index (χ2v) is 10.6. The van der Waals surface area contributed by atoms with Crippen molar-refractivity contribution in [3.8, 4) is 22.3 Å². The summed E-state index contributed by atoms with van der Waals surface area (Å²) >= 11 is 6.15. The molecule has 0 radical (unpaired) electrons. The molecule has 0 aliphatic carbocycles. The van der Waals surface area contributed by atoms with Crippen LogP contribution < -0.4 is 16.4 Å². The van der Waals surface area contributed by atoms with Gasteiger partial charge in [-0.25, -0.2) is 9.37 Å². The fraction of sp³-hybridized carbons (Fsp3) is 0.182. The molecule has 1 aliphatic rings. The zero-order valence-electron chi connectivity index (χ0n) is 24.3. The molecule has 5 N–H and O–H groups in total. The number of carbonyl (C=O) groups excluding carboxylic acids is 3. The van der Waals surface area contributed by atoms with E-state index in [0.29, 0.717) is 39.2 Å². The number of nitrogens with one attached hydrogen (secondary N) is 3. The number of carbonyl (C=O) groups is 3. The van der Waals surface area contributed by atoms with Gasteiger partial charge in [-0.15, -0.1) is 0 Å². The number of amides is 2. The number of anilines is 2. The van der Waals surface area contributed by atoms with Gasteiger partial charge >= 0.3 is 0 Å². The molecule has 9 nitrogen and oxygen atoms in total. The minimum absolute atomic E-state index is 0.0382. The van der Waals surface area contributed by atoms with Crippen molar-refractivity contribution < 1.29 is 23.2 Å². The number of likely N-dealkylation sites (N-methyl/N-ethyl adjacent to an activating group) is 1. The van der Waals surface area contributed by atoms with Crippen LogP contribution in [-0.2, 0) is 14.4 Å². The molecule has 1 saturated heterocycles. The van der Waals surface area contributed by atoms with Crippen LogP contribution in [0, 0.1) is 17.2 Å². The second-order valence-electron chi connectivity index (χ2n) is 10.2. The van der Waals surface area contributed by atoms with Crippen molar-refractivity contribution >= 4 is 46.8 Å². The molecule has 1 aliphatic heterocycles. The Morgan fingerprint density at radius 1 is 1.04 bits per heavy atom. The summed E-state index contributed by atoms with van der Waals surface area (Å²) in [5.41, 5.74) is 7.92. The Labute approximate surface area is 263 Å². The Balaban J connectivity index is 0.000000205. The third kappa shape index (κ3) is 8.14. The van der Waals surface area contributed by atoms with E-state index in [1.165, 1.54) is 18.3 Å². The number of aromatic nitrogens is 1. The molecule has 1 unspecified atom stereocenters. The van der Waals surface area contributed by atoms with Crippen LogP contribution in [0.2, 0.25) is 5.02 Å². The zero-order chi connectivity index (χ0) is 32.5. The summed E-state index contributed by atoms with van der Waals surface area (Å²) in [6.07, 6.45) is 3.79. The predicted molar refractivity (Wildman–Crippen MR) is 171 cm³/mol. The number of hydrogen-bond donors (Lipinski definition) is 4. The minimum Gasteiger partial charge on any atom is -0.378 e. The molecule has 1 aromatic heterocycles. The largest absolute Gasteiger partial charge is 0.378 e. The molecule has 1 atom stereocenters. The van der Waals surface area contributed by atoms with Crippen LogP contribution in [0.5, 0.6) is 0 Å². The van der Waals surface area contributed by atoms with Crippen molar-refractivity contribution in [3.63, 3.8) is 0 Å². The predicted octanol–water partition coefficient (Wildman–Crippen LogP) is 5.53. The maximum atomic E-state index is 14.8. The van der Waals surface area contributed by atoms with E-state index in [1.54, 1.807) is 60.7 Å². The number of likely N-dealkylation sites (tertiary alicyclic amines) is 1. The van der Waals surface area contributed by atoms with Crippen LogP contribution in [0.1, 0.15) is 18.4 Å². The fourth-order valence-electron chi connectivity index (χ4n) is 4.89. The van der Waals surface area contributed by atoms with Gasteiger partial charge in [0.05, 0.1) is 18.3 Å². The lowest BCUT2D eigenvalue weighted by Crippen LogP contribution is -2.37. The number of hydrogen-bond acceptors (Lipinski definition) is 7. The number of aldehydes is 1. The van der Waals surface area contributed by atoms with Crippen LogP contribution in [-0.4, -0.2) is 59.9 Å². The molecular formula is C33H31ClF2N6O3. The monoisotopic (exact) mass is 632 g/mol. The Kier molecular flexibility index (Phi) is 11.1. The molecule has 4 aromatic rings. The number of rotatable bonds is 9. The molecule has 2 heterocycles. The first-order valence-corrected chi connectivity index (χ1v) is 14.3. The number of nitrogens with two attached hydrogens (primary N) is 1. The summed E-state index contributed by atoms with van der Waals surface area (Å²) < 4.78 is 27.7. The third-order valence-corrected chi connectivity index (χ3v) is 7.55. The van der Waals surface area contributed by atoms with Crippen molar-refractivity contribution in [2.45, 2.75) is 18.9 Å². The summed E-state index contributed by atoms with van der Waals surface area (Å²) in [5, 5.41) is 13.8. The van der Waals surface area contributed by atoms with Crippen LogP contribution in [0.15, 0.2) is 79.0 Å². The summed E-state index contributed by atoms with van der Waals surface area (Å²) in [4.78, 5) is 39.6. The van der Waals surface area contributed by atoms with Gasteiger partial charge in [0, 0.05) is 39.2 Å². The Morgan fingerprint density at radius 3 is 2.42 bits per heavy atom. The Bertz CT molecular complexity index is 1720. The summed E-state index contributed by atoms with van der Waals surface area (Å²) in [6.45, 7) is 0.927. The summed E-state index contributed by atoms with van der Waals surface area (Å²) in [5.74, 6) is -2.11. The number of halogens is 3. The van der Waals surface area contributed by atoms with E-state index in [0.717, 1.165) is 19.4 Å². The summed E-state index contributed by atoms with van der Waals surface area (Å²) in [6, 6.07) is 19.5. The Morgan fingerprint density at radius 2 is 1.78 bits per heavy atom. The van der Waals surface area contributed by atoms with Gasteiger partial charge in [0.25, 0.3) is 5.91 Å². The van der Waals surface area contributed by atoms with E-state index in [9.17, 15) is 23.2 Å². The van der Waals surface area contributed by atoms with Crippen LogP contribution in [0.4, 0.5) is 20.2 Å². The maximum Gasteiger partial charge on any atom is 0.267 e.